The van der Waals surface area contributed by atoms with Crippen molar-refractivity contribution in [3.8, 4) is 0 Å². The molecule has 6 nitrogen and oxygen atoms in total. The third-order valence-corrected chi connectivity index (χ3v) is 7.80. The van der Waals surface area contributed by atoms with Gasteiger partial charge in [0.1, 0.15) is 11.4 Å². The number of H-pyrrole nitrogens is 1. The van der Waals surface area contributed by atoms with Gasteiger partial charge in [-0.15, -0.1) is 0 Å². The first-order valence-corrected chi connectivity index (χ1v) is 11.4. The lowest BCUT2D eigenvalue weighted by molar-refractivity contribution is 0.0964. The third kappa shape index (κ3) is 3.15. The number of carbonyl (C=O) groups is 2. The number of nitrogens with one attached hydrogen (secondary N) is 1. The SMILES string of the molecule is CCC1CC2C[C@H]2[C@@H](CCn2c3c(c(C)cc2=O)C(=O)c2c(C)cc(=O)[nH]c2C3=O)C1. The molecule has 3 aliphatic carbocycles. The van der Waals surface area contributed by atoms with E-state index in [0.717, 1.165) is 24.2 Å². The Hall–Kier alpha value is -2.76. The van der Waals surface area contributed by atoms with Crippen LogP contribution in [-0.4, -0.2) is 21.1 Å². The van der Waals surface area contributed by atoms with E-state index in [1.165, 1.54) is 42.4 Å². The van der Waals surface area contributed by atoms with Gasteiger partial charge >= 0.3 is 0 Å². The summed E-state index contributed by atoms with van der Waals surface area (Å²) in [5.74, 6) is 2.16. The number of ketones is 2. The zero-order chi connectivity index (χ0) is 22.0. The smallest absolute Gasteiger partial charge is 0.251 e. The Morgan fingerprint density at radius 2 is 1.71 bits per heavy atom. The topological polar surface area (TPSA) is 89.0 Å². The predicted octanol–water partition coefficient (Wildman–Crippen LogP) is 3.39. The lowest BCUT2D eigenvalue weighted by Crippen LogP contribution is -2.36. The number of pyridine rings is 2. The van der Waals surface area contributed by atoms with Gasteiger partial charge in [0.2, 0.25) is 11.3 Å². The lowest BCUT2D eigenvalue weighted by atomic mass is 9.78. The van der Waals surface area contributed by atoms with Crippen LogP contribution in [-0.2, 0) is 6.54 Å². The van der Waals surface area contributed by atoms with E-state index in [1.807, 2.05) is 0 Å². The van der Waals surface area contributed by atoms with Crippen molar-refractivity contribution in [1.29, 1.82) is 0 Å². The van der Waals surface area contributed by atoms with Crippen molar-refractivity contribution in [3.05, 3.63) is 66.5 Å². The number of nitrogens with zero attached hydrogens (tertiary/aromatic N) is 1. The Balaban J connectivity index is 1.55. The number of aromatic amines is 1. The molecule has 5 rings (SSSR count). The number of aromatic nitrogens is 2. The molecule has 4 atom stereocenters. The van der Waals surface area contributed by atoms with E-state index in [9.17, 15) is 19.2 Å². The second-order valence-electron chi connectivity index (χ2n) is 9.72. The van der Waals surface area contributed by atoms with E-state index in [0.29, 0.717) is 29.2 Å². The van der Waals surface area contributed by atoms with Crippen LogP contribution in [0.15, 0.2) is 21.7 Å². The second kappa shape index (κ2) is 7.14. The molecule has 0 aromatic carbocycles. The quantitative estimate of drug-likeness (QED) is 0.701. The van der Waals surface area contributed by atoms with Gasteiger partial charge in [-0.1, -0.05) is 13.3 Å². The van der Waals surface area contributed by atoms with Crippen LogP contribution >= 0.6 is 0 Å². The van der Waals surface area contributed by atoms with Crippen LogP contribution < -0.4 is 11.1 Å². The van der Waals surface area contributed by atoms with Crippen LogP contribution in [0.1, 0.15) is 82.3 Å². The van der Waals surface area contributed by atoms with E-state index >= 15 is 0 Å². The number of aryl methyl sites for hydroxylation is 2. The van der Waals surface area contributed by atoms with Crippen LogP contribution in [0.3, 0.4) is 0 Å². The maximum Gasteiger partial charge on any atom is 0.251 e. The molecule has 1 N–H and O–H groups in total. The molecule has 0 aliphatic heterocycles. The zero-order valence-electron chi connectivity index (χ0n) is 18.3. The largest absolute Gasteiger partial charge is 0.318 e. The van der Waals surface area contributed by atoms with E-state index in [2.05, 4.69) is 11.9 Å². The Morgan fingerprint density at radius 3 is 2.45 bits per heavy atom. The molecule has 0 amide bonds. The Bertz CT molecular complexity index is 1240. The molecule has 2 fully saturated rings. The highest BCUT2D eigenvalue weighted by Crippen LogP contribution is 2.56. The Kier molecular flexibility index (Phi) is 4.65. The van der Waals surface area contributed by atoms with Crippen molar-refractivity contribution >= 4 is 11.6 Å². The maximum absolute atomic E-state index is 13.4. The first-order valence-electron chi connectivity index (χ1n) is 11.4. The number of fused-ring (bicyclic) bond motifs is 3. The highest BCUT2D eigenvalue weighted by molar-refractivity contribution is 6.27. The summed E-state index contributed by atoms with van der Waals surface area (Å²) in [5, 5.41) is 0. The number of hydrogen-bond acceptors (Lipinski definition) is 4. The Morgan fingerprint density at radius 1 is 0.968 bits per heavy atom. The highest BCUT2D eigenvalue weighted by Gasteiger charge is 2.47. The van der Waals surface area contributed by atoms with E-state index < -0.39 is 11.3 Å². The fraction of sp³-hybridized carbons (Fsp3) is 0.520. The van der Waals surface area contributed by atoms with Crippen molar-refractivity contribution in [2.75, 3.05) is 0 Å². The fourth-order valence-corrected chi connectivity index (χ4v) is 6.11. The van der Waals surface area contributed by atoms with Gasteiger partial charge in [0.05, 0.1) is 11.1 Å². The van der Waals surface area contributed by atoms with Crippen molar-refractivity contribution < 1.29 is 9.59 Å². The fourth-order valence-electron chi connectivity index (χ4n) is 6.11. The summed E-state index contributed by atoms with van der Waals surface area (Å²) in [5.41, 5.74) is 0.993. The summed E-state index contributed by atoms with van der Waals surface area (Å²) in [7, 11) is 0. The summed E-state index contributed by atoms with van der Waals surface area (Å²) in [6.45, 7) is 6.03. The summed E-state index contributed by atoms with van der Waals surface area (Å²) in [4.78, 5) is 54.2. The number of rotatable bonds is 4. The molecular weight excluding hydrogens is 392 g/mol. The van der Waals surface area contributed by atoms with Gasteiger partial charge in [0.25, 0.3) is 5.56 Å². The summed E-state index contributed by atoms with van der Waals surface area (Å²) in [6.07, 6.45) is 5.83. The molecule has 3 aliphatic rings. The van der Waals surface area contributed by atoms with Gasteiger partial charge in [0.15, 0.2) is 5.78 Å². The van der Waals surface area contributed by atoms with Crippen LogP contribution in [0.25, 0.3) is 0 Å². The molecule has 2 heterocycles. The van der Waals surface area contributed by atoms with Gasteiger partial charge in [0, 0.05) is 18.7 Å². The first-order chi connectivity index (χ1) is 14.8. The minimum absolute atomic E-state index is 0.00669. The zero-order valence-corrected chi connectivity index (χ0v) is 18.3. The summed E-state index contributed by atoms with van der Waals surface area (Å²) >= 11 is 0. The standard InChI is InChI=1S/C25H28N2O4/c1-4-14-9-15(17-11-16(17)10-14)5-6-27-19(29)8-13(3)21-23(27)25(31)22-20(24(21)30)12(2)7-18(28)26-22/h7-8,14-17H,4-6,9-11H2,1-3H3,(H,26,28)/t14?,15-,16?,17-/m0/s1. The monoisotopic (exact) mass is 420 g/mol. The van der Waals surface area contributed by atoms with Gasteiger partial charge in [-0.05, 0) is 74.3 Å². The van der Waals surface area contributed by atoms with Gasteiger partial charge in [-0.3, -0.25) is 19.2 Å². The molecule has 2 saturated carbocycles. The molecule has 0 saturated heterocycles. The highest BCUT2D eigenvalue weighted by atomic mass is 16.2. The van der Waals surface area contributed by atoms with Crippen LogP contribution in [0.2, 0.25) is 0 Å². The normalized spacial score (nSPS) is 26.3. The molecule has 0 spiro atoms. The second-order valence-corrected chi connectivity index (χ2v) is 9.72. The van der Waals surface area contributed by atoms with E-state index in [-0.39, 0.29) is 28.3 Å². The maximum atomic E-state index is 13.4. The van der Waals surface area contributed by atoms with Crippen LogP contribution in [0.4, 0.5) is 0 Å². The summed E-state index contributed by atoms with van der Waals surface area (Å²) in [6, 6.07) is 2.80. The molecule has 0 bridgehead atoms. The number of carbonyl (C=O) groups excluding carboxylic acids is 2. The average Bonchev–Trinajstić information content (AvgIpc) is 3.49. The minimum atomic E-state index is -0.439. The van der Waals surface area contributed by atoms with Crippen LogP contribution in [0.5, 0.6) is 0 Å². The molecule has 2 unspecified atom stereocenters. The molecule has 0 radical (unpaired) electrons. The average molecular weight is 421 g/mol. The number of hydrogen-bond donors (Lipinski definition) is 1. The molecule has 2 aromatic heterocycles. The van der Waals surface area contributed by atoms with Crippen molar-refractivity contribution in [2.45, 2.75) is 59.4 Å². The molecular formula is C25H28N2O4. The van der Waals surface area contributed by atoms with E-state index in [1.54, 1.807) is 13.8 Å². The minimum Gasteiger partial charge on any atom is -0.318 e. The lowest BCUT2D eigenvalue weighted by Gasteiger charge is -2.29. The third-order valence-electron chi connectivity index (χ3n) is 7.80. The molecule has 6 heteroatoms. The van der Waals surface area contributed by atoms with Crippen molar-refractivity contribution in [2.24, 2.45) is 23.7 Å². The van der Waals surface area contributed by atoms with Gasteiger partial charge < -0.3 is 9.55 Å². The Labute approximate surface area is 180 Å². The van der Waals surface area contributed by atoms with E-state index in [4.69, 9.17) is 0 Å². The molecule has 2 aromatic rings. The molecule has 31 heavy (non-hydrogen) atoms. The summed E-state index contributed by atoms with van der Waals surface area (Å²) < 4.78 is 1.49. The van der Waals surface area contributed by atoms with Crippen molar-refractivity contribution in [1.82, 2.24) is 9.55 Å². The van der Waals surface area contributed by atoms with Gasteiger partial charge in [-0.25, -0.2) is 0 Å². The van der Waals surface area contributed by atoms with Gasteiger partial charge in [-0.2, -0.15) is 0 Å². The van der Waals surface area contributed by atoms with Crippen LogP contribution in [0, 0.1) is 37.5 Å². The first kappa shape index (κ1) is 20.2. The molecule has 162 valence electrons. The van der Waals surface area contributed by atoms with Crippen molar-refractivity contribution in [3.63, 3.8) is 0 Å². The predicted molar refractivity (Wildman–Crippen MR) is 117 cm³/mol.